The monoisotopic (exact) mass is 462 g/mol. The topological polar surface area (TPSA) is 62.9 Å². The summed E-state index contributed by atoms with van der Waals surface area (Å²) < 4.78 is 5.31. The van der Waals surface area contributed by atoms with Crippen molar-refractivity contribution < 1.29 is 4.74 Å². The molecule has 25 heavy (non-hydrogen) atoms. The number of likely N-dealkylation sites (N-methyl/N-ethyl adjacent to an activating group) is 1. The van der Waals surface area contributed by atoms with Gasteiger partial charge in [-0.1, -0.05) is 44.2 Å². The summed E-state index contributed by atoms with van der Waals surface area (Å²) >= 11 is 0. The first kappa shape index (κ1) is 24.1. The molecule has 0 aliphatic heterocycles. The van der Waals surface area contributed by atoms with E-state index in [-0.39, 0.29) is 24.0 Å². The molecule has 0 radical (unpaired) electrons. The van der Waals surface area contributed by atoms with Gasteiger partial charge in [-0.15, -0.1) is 24.0 Å². The molecule has 0 aromatic heterocycles. The van der Waals surface area contributed by atoms with E-state index in [0.29, 0.717) is 18.5 Å². The van der Waals surface area contributed by atoms with Gasteiger partial charge >= 0.3 is 0 Å². The summed E-state index contributed by atoms with van der Waals surface area (Å²) in [5, 5.41) is 3.16. The number of hydrogen-bond acceptors (Lipinski definition) is 3. The van der Waals surface area contributed by atoms with Crippen molar-refractivity contribution in [1.29, 1.82) is 0 Å². The van der Waals surface area contributed by atoms with Crippen LogP contribution in [-0.4, -0.2) is 56.3 Å². The molecule has 0 bridgehead atoms. The predicted octanol–water partition coefficient (Wildman–Crippen LogP) is 2.89. The molecule has 0 amide bonds. The van der Waals surface area contributed by atoms with E-state index in [2.05, 4.69) is 59.4 Å². The van der Waals surface area contributed by atoms with Gasteiger partial charge in [0.25, 0.3) is 0 Å². The second-order valence-corrected chi connectivity index (χ2v) is 5.77. The minimum atomic E-state index is 0. The fraction of sp³-hybridized carbons (Fsp3) is 0.632. The Hall–Kier alpha value is -0.860. The molecule has 6 heteroatoms. The van der Waals surface area contributed by atoms with E-state index in [0.717, 1.165) is 45.7 Å². The standard InChI is InChI=1S/C19H34N4O.HI/c1-4-23(5-2)18(15-17-11-8-7-9-12-17)16-22-19(20)21-13-10-14-24-6-3;/h7-9,11-12,18H,4-6,10,13-16H2,1-3H3,(H3,20,21,22);1H. The van der Waals surface area contributed by atoms with Crippen LogP contribution in [0.15, 0.2) is 35.3 Å². The van der Waals surface area contributed by atoms with Gasteiger partial charge in [0.1, 0.15) is 0 Å². The van der Waals surface area contributed by atoms with Gasteiger partial charge in [0.2, 0.25) is 0 Å². The van der Waals surface area contributed by atoms with Crippen LogP contribution in [0.3, 0.4) is 0 Å². The van der Waals surface area contributed by atoms with Crippen molar-refractivity contribution in [2.75, 3.05) is 39.4 Å². The average molecular weight is 462 g/mol. The Morgan fingerprint density at radius 3 is 2.48 bits per heavy atom. The fourth-order valence-corrected chi connectivity index (χ4v) is 2.73. The zero-order valence-corrected chi connectivity index (χ0v) is 18.2. The number of nitrogens with zero attached hydrogens (tertiary/aromatic N) is 2. The highest BCUT2D eigenvalue weighted by atomic mass is 127. The van der Waals surface area contributed by atoms with Gasteiger partial charge in [-0.3, -0.25) is 9.89 Å². The second-order valence-electron chi connectivity index (χ2n) is 5.77. The Morgan fingerprint density at radius 2 is 1.88 bits per heavy atom. The number of halogens is 1. The largest absolute Gasteiger partial charge is 0.382 e. The van der Waals surface area contributed by atoms with E-state index in [9.17, 15) is 0 Å². The summed E-state index contributed by atoms with van der Waals surface area (Å²) in [7, 11) is 0. The van der Waals surface area contributed by atoms with Crippen LogP contribution in [0.25, 0.3) is 0 Å². The van der Waals surface area contributed by atoms with Gasteiger partial charge in [0.15, 0.2) is 5.96 Å². The first-order valence-electron chi connectivity index (χ1n) is 9.10. The van der Waals surface area contributed by atoms with Gasteiger partial charge in [-0.05, 0) is 38.4 Å². The van der Waals surface area contributed by atoms with Crippen LogP contribution in [0.4, 0.5) is 0 Å². The van der Waals surface area contributed by atoms with Crippen LogP contribution in [0.2, 0.25) is 0 Å². The molecule has 0 aliphatic carbocycles. The predicted molar refractivity (Wildman–Crippen MR) is 118 cm³/mol. The molecular weight excluding hydrogens is 427 g/mol. The highest BCUT2D eigenvalue weighted by molar-refractivity contribution is 14.0. The summed E-state index contributed by atoms with van der Waals surface area (Å²) in [6.07, 6.45) is 1.93. The van der Waals surface area contributed by atoms with Gasteiger partial charge in [0, 0.05) is 25.8 Å². The first-order valence-corrected chi connectivity index (χ1v) is 9.10. The molecule has 1 unspecified atom stereocenters. The molecule has 0 heterocycles. The van der Waals surface area contributed by atoms with E-state index >= 15 is 0 Å². The molecule has 3 N–H and O–H groups in total. The molecule has 1 atom stereocenters. The molecule has 1 aromatic rings. The molecule has 0 fully saturated rings. The number of ether oxygens (including phenoxy) is 1. The van der Waals surface area contributed by atoms with Crippen molar-refractivity contribution in [3.8, 4) is 0 Å². The maximum atomic E-state index is 5.99. The van der Waals surface area contributed by atoms with Crippen molar-refractivity contribution in [2.24, 2.45) is 10.7 Å². The first-order chi connectivity index (χ1) is 11.7. The van der Waals surface area contributed by atoms with Crippen LogP contribution in [0.5, 0.6) is 0 Å². The number of guanidine groups is 1. The van der Waals surface area contributed by atoms with Crippen molar-refractivity contribution in [3.63, 3.8) is 0 Å². The number of rotatable bonds is 12. The highest BCUT2D eigenvalue weighted by Crippen LogP contribution is 2.09. The lowest BCUT2D eigenvalue weighted by Gasteiger charge is -2.28. The Balaban J connectivity index is 0.00000576. The summed E-state index contributed by atoms with van der Waals surface area (Å²) in [6.45, 7) is 11.5. The summed E-state index contributed by atoms with van der Waals surface area (Å²) in [5.41, 5.74) is 7.33. The lowest BCUT2D eigenvalue weighted by Crippen LogP contribution is -2.40. The second kappa shape index (κ2) is 15.4. The van der Waals surface area contributed by atoms with E-state index in [4.69, 9.17) is 10.5 Å². The molecule has 0 saturated heterocycles. The van der Waals surface area contributed by atoms with Crippen molar-refractivity contribution in [3.05, 3.63) is 35.9 Å². The van der Waals surface area contributed by atoms with E-state index in [1.165, 1.54) is 5.56 Å². The number of nitrogens with two attached hydrogens (primary N) is 1. The van der Waals surface area contributed by atoms with E-state index < -0.39 is 0 Å². The van der Waals surface area contributed by atoms with Crippen molar-refractivity contribution in [2.45, 2.75) is 39.7 Å². The van der Waals surface area contributed by atoms with Gasteiger partial charge in [-0.25, -0.2) is 0 Å². The number of benzene rings is 1. The molecule has 0 aliphatic rings. The van der Waals surface area contributed by atoms with Crippen LogP contribution >= 0.6 is 24.0 Å². The normalized spacial score (nSPS) is 12.7. The van der Waals surface area contributed by atoms with Crippen molar-refractivity contribution >= 4 is 29.9 Å². The summed E-state index contributed by atoms with van der Waals surface area (Å²) in [6, 6.07) is 11.0. The van der Waals surface area contributed by atoms with Crippen LogP contribution in [0.1, 0.15) is 32.8 Å². The van der Waals surface area contributed by atoms with Gasteiger partial charge < -0.3 is 15.8 Å². The number of hydrogen-bond donors (Lipinski definition) is 2. The minimum Gasteiger partial charge on any atom is -0.382 e. The highest BCUT2D eigenvalue weighted by Gasteiger charge is 2.16. The average Bonchev–Trinajstić information content (AvgIpc) is 2.61. The Labute approximate surface area is 170 Å². The molecule has 0 saturated carbocycles. The smallest absolute Gasteiger partial charge is 0.188 e. The fourth-order valence-electron chi connectivity index (χ4n) is 2.73. The van der Waals surface area contributed by atoms with E-state index in [1.807, 2.05) is 6.92 Å². The maximum absolute atomic E-state index is 5.99. The Bertz CT molecular complexity index is 452. The Morgan fingerprint density at radius 1 is 1.20 bits per heavy atom. The maximum Gasteiger partial charge on any atom is 0.188 e. The quantitative estimate of drug-likeness (QED) is 0.217. The van der Waals surface area contributed by atoms with Gasteiger partial charge in [-0.2, -0.15) is 0 Å². The molecule has 144 valence electrons. The third-order valence-electron chi connectivity index (χ3n) is 4.09. The molecular formula is C19H35IN4O. The number of nitrogens with one attached hydrogen (secondary N) is 1. The van der Waals surface area contributed by atoms with E-state index in [1.54, 1.807) is 0 Å². The summed E-state index contributed by atoms with van der Waals surface area (Å²) in [5.74, 6) is 0.525. The molecule has 0 spiro atoms. The molecule has 1 rings (SSSR count). The zero-order valence-electron chi connectivity index (χ0n) is 15.9. The number of aliphatic imine (C=N–C) groups is 1. The lowest BCUT2D eigenvalue weighted by atomic mass is 10.0. The van der Waals surface area contributed by atoms with Crippen LogP contribution < -0.4 is 11.1 Å². The SMILES string of the molecule is CCOCCCNC(N)=NCC(Cc1ccccc1)N(CC)CC.I. The third-order valence-corrected chi connectivity index (χ3v) is 4.09. The summed E-state index contributed by atoms with van der Waals surface area (Å²) in [4.78, 5) is 7.00. The Kier molecular flexibility index (Phi) is 14.9. The molecule has 5 nitrogen and oxygen atoms in total. The molecule has 1 aromatic carbocycles. The van der Waals surface area contributed by atoms with Crippen molar-refractivity contribution in [1.82, 2.24) is 10.2 Å². The van der Waals surface area contributed by atoms with Crippen LogP contribution in [0, 0.1) is 0 Å². The third kappa shape index (κ3) is 10.7. The minimum absolute atomic E-state index is 0. The lowest BCUT2D eigenvalue weighted by molar-refractivity contribution is 0.145. The van der Waals surface area contributed by atoms with Crippen LogP contribution in [-0.2, 0) is 11.2 Å². The van der Waals surface area contributed by atoms with Gasteiger partial charge in [0.05, 0.1) is 6.54 Å². The zero-order chi connectivity index (χ0) is 17.6.